The maximum Gasteiger partial charge on any atom is 0.310 e. The molecule has 0 bridgehead atoms. The largest absolute Gasteiger partial charge is 0.481 e. The Labute approximate surface area is 79.2 Å². The second-order valence-electron chi connectivity index (χ2n) is 3.71. The Morgan fingerprint density at radius 2 is 2.17 bits per heavy atom. The number of nitrogens with zero attached hydrogens (tertiary/aromatic N) is 1. The molecule has 1 N–H and O–H groups in total. The number of aliphatic carboxylic acids is 1. The average Bonchev–Trinajstić information content (AvgIpc) is 1.86. The molecule has 1 fully saturated rings. The second kappa shape index (κ2) is 4.10. The van der Waals surface area contributed by atoms with Gasteiger partial charge in [0.05, 0.1) is 5.41 Å². The van der Waals surface area contributed by atoms with Crippen molar-refractivity contribution in [3.8, 4) is 0 Å². The molecule has 1 rings (SSSR count). The maximum absolute atomic E-state index is 10.8. The minimum Gasteiger partial charge on any atom is -0.481 e. The molecule has 1 aliphatic rings. The van der Waals surface area contributed by atoms with E-state index in [1.165, 1.54) is 0 Å². The van der Waals surface area contributed by atoms with Crippen molar-refractivity contribution in [1.29, 1.82) is 0 Å². The fourth-order valence-corrected chi connectivity index (χ4v) is 1.67. The molecule has 12 heavy (non-hydrogen) atoms. The summed E-state index contributed by atoms with van der Waals surface area (Å²) in [6.07, 6.45) is 1.81. The summed E-state index contributed by atoms with van der Waals surface area (Å²) < 4.78 is 0. The van der Waals surface area contributed by atoms with E-state index in [0.29, 0.717) is 6.54 Å². The van der Waals surface area contributed by atoms with Crippen molar-refractivity contribution in [2.45, 2.75) is 19.8 Å². The van der Waals surface area contributed by atoms with Gasteiger partial charge in [0.1, 0.15) is 0 Å². The van der Waals surface area contributed by atoms with Crippen LogP contribution < -0.4 is 0 Å². The van der Waals surface area contributed by atoms with Crippen LogP contribution in [0.15, 0.2) is 0 Å². The van der Waals surface area contributed by atoms with E-state index in [-0.39, 0.29) is 12.4 Å². The van der Waals surface area contributed by atoms with Gasteiger partial charge in [0.15, 0.2) is 0 Å². The fraction of sp³-hybridized carbons (Fsp3) is 0.875. The molecule has 0 radical (unpaired) electrons. The van der Waals surface area contributed by atoms with Crippen molar-refractivity contribution >= 4 is 18.4 Å². The molecule has 0 aromatic heterocycles. The summed E-state index contributed by atoms with van der Waals surface area (Å²) in [7, 11) is 1.97. The molecule has 1 unspecified atom stereocenters. The summed E-state index contributed by atoms with van der Waals surface area (Å²) in [5, 5.41) is 8.89. The lowest BCUT2D eigenvalue weighted by atomic mass is 9.82. The molecule has 0 aromatic rings. The number of halogens is 1. The van der Waals surface area contributed by atoms with Crippen LogP contribution in [0.4, 0.5) is 0 Å². The SMILES string of the molecule is CN1CCCC(C)(C(=O)O)C1.Cl. The highest BCUT2D eigenvalue weighted by atomic mass is 35.5. The van der Waals surface area contributed by atoms with Gasteiger partial charge >= 0.3 is 5.97 Å². The number of carboxylic acid groups (broad SMARTS) is 1. The lowest BCUT2D eigenvalue weighted by molar-refractivity contribution is -0.150. The second-order valence-corrected chi connectivity index (χ2v) is 3.71. The molecule has 1 atom stereocenters. The monoisotopic (exact) mass is 193 g/mol. The first-order valence-corrected chi connectivity index (χ1v) is 3.96. The Hall–Kier alpha value is -0.280. The lowest BCUT2D eigenvalue weighted by Gasteiger charge is -2.35. The summed E-state index contributed by atoms with van der Waals surface area (Å²) in [6.45, 7) is 3.54. The molecular weight excluding hydrogens is 178 g/mol. The summed E-state index contributed by atoms with van der Waals surface area (Å²) in [6, 6.07) is 0. The van der Waals surface area contributed by atoms with Crippen LogP contribution in [-0.2, 0) is 4.79 Å². The predicted octanol–water partition coefficient (Wildman–Crippen LogP) is 1.22. The van der Waals surface area contributed by atoms with Crippen molar-refractivity contribution in [3.63, 3.8) is 0 Å². The van der Waals surface area contributed by atoms with Crippen LogP contribution in [0.3, 0.4) is 0 Å². The molecule has 0 saturated carbocycles. The predicted molar refractivity (Wildman–Crippen MR) is 49.7 cm³/mol. The van der Waals surface area contributed by atoms with Crippen LogP contribution in [-0.4, -0.2) is 36.1 Å². The minimum absolute atomic E-state index is 0. The van der Waals surface area contributed by atoms with Crippen LogP contribution in [0.1, 0.15) is 19.8 Å². The molecule has 1 saturated heterocycles. The molecule has 1 heterocycles. The summed E-state index contributed by atoms with van der Waals surface area (Å²) in [4.78, 5) is 12.9. The molecule has 0 amide bonds. The van der Waals surface area contributed by atoms with Gasteiger partial charge in [0.2, 0.25) is 0 Å². The van der Waals surface area contributed by atoms with Gasteiger partial charge in [-0.2, -0.15) is 0 Å². The van der Waals surface area contributed by atoms with Crippen molar-refractivity contribution in [2.75, 3.05) is 20.1 Å². The van der Waals surface area contributed by atoms with E-state index in [2.05, 4.69) is 4.90 Å². The normalized spacial score (nSPS) is 30.8. The van der Waals surface area contributed by atoms with Crippen LogP contribution in [0.2, 0.25) is 0 Å². The van der Waals surface area contributed by atoms with Crippen molar-refractivity contribution in [3.05, 3.63) is 0 Å². The summed E-state index contributed by atoms with van der Waals surface area (Å²) in [5.41, 5.74) is -0.507. The van der Waals surface area contributed by atoms with Crippen LogP contribution in [0, 0.1) is 5.41 Å². The van der Waals surface area contributed by atoms with Crippen LogP contribution >= 0.6 is 12.4 Å². The Balaban J connectivity index is 0.00000121. The number of hydrogen-bond donors (Lipinski definition) is 1. The molecular formula is C8H16ClNO2. The van der Waals surface area contributed by atoms with E-state index in [1.807, 2.05) is 14.0 Å². The third-order valence-corrected chi connectivity index (χ3v) is 2.40. The third-order valence-electron chi connectivity index (χ3n) is 2.40. The Bertz CT molecular complexity index is 174. The molecule has 0 aromatic carbocycles. The number of rotatable bonds is 1. The van der Waals surface area contributed by atoms with Gasteiger partial charge in [-0.25, -0.2) is 0 Å². The van der Waals surface area contributed by atoms with E-state index in [0.717, 1.165) is 19.4 Å². The molecule has 0 spiro atoms. The van der Waals surface area contributed by atoms with Gasteiger partial charge in [0, 0.05) is 6.54 Å². The zero-order valence-electron chi connectivity index (χ0n) is 7.54. The number of piperidine rings is 1. The van der Waals surface area contributed by atoms with Gasteiger partial charge < -0.3 is 10.0 Å². The maximum atomic E-state index is 10.8. The van der Waals surface area contributed by atoms with Crippen molar-refractivity contribution in [2.24, 2.45) is 5.41 Å². The van der Waals surface area contributed by atoms with Crippen LogP contribution in [0.25, 0.3) is 0 Å². The number of likely N-dealkylation sites (tertiary alicyclic amines) is 1. The topological polar surface area (TPSA) is 40.5 Å². The first-order chi connectivity index (χ1) is 5.04. The van der Waals surface area contributed by atoms with Crippen molar-refractivity contribution < 1.29 is 9.90 Å². The minimum atomic E-state index is -0.663. The van der Waals surface area contributed by atoms with E-state index in [4.69, 9.17) is 5.11 Å². The number of carboxylic acids is 1. The zero-order chi connectivity index (χ0) is 8.48. The molecule has 1 aliphatic heterocycles. The summed E-state index contributed by atoms with van der Waals surface area (Å²) >= 11 is 0. The smallest absolute Gasteiger partial charge is 0.310 e. The first-order valence-electron chi connectivity index (χ1n) is 3.96. The molecule has 0 aliphatic carbocycles. The molecule has 72 valence electrons. The van der Waals surface area contributed by atoms with Crippen LogP contribution in [0.5, 0.6) is 0 Å². The summed E-state index contributed by atoms with van der Waals surface area (Å²) in [5.74, 6) is -0.663. The Kier molecular flexibility index (Phi) is 4.00. The van der Waals surface area contributed by atoms with Gasteiger partial charge in [-0.05, 0) is 33.4 Å². The van der Waals surface area contributed by atoms with E-state index >= 15 is 0 Å². The number of carbonyl (C=O) groups is 1. The van der Waals surface area contributed by atoms with Crippen molar-refractivity contribution in [1.82, 2.24) is 4.90 Å². The number of hydrogen-bond acceptors (Lipinski definition) is 2. The highest BCUT2D eigenvalue weighted by molar-refractivity contribution is 5.85. The highest BCUT2D eigenvalue weighted by Crippen LogP contribution is 2.28. The zero-order valence-corrected chi connectivity index (χ0v) is 8.36. The molecule has 4 heteroatoms. The fourth-order valence-electron chi connectivity index (χ4n) is 1.67. The van der Waals surface area contributed by atoms with E-state index < -0.39 is 11.4 Å². The van der Waals surface area contributed by atoms with Gasteiger partial charge in [-0.15, -0.1) is 12.4 Å². The van der Waals surface area contributed by atoms with Gasteiger partial charge in [0.25, 0.3) is 0 Å². The van der Waals surface area contributed by atoms with E-state index in [9.17, 15) is 4.79 Å². The molecule has 3 nitrogen and oxygen atoms in total. The quantitative estimate of drug-likeness (QED) is 0.681. The average molecular weight is 194 g/mol. The highest BCUT2D eigenvalue weighted by Gasteiger charge is 2.36. The first kappa shape index (κ1) is 11.7. The Morgan fingerprint density at radius 3 is 2.50 bits per heavy atom. The van der Waals surface area contributed by atoms with E-state index in [1.54, 1.807) is 0 Å². The Morgan fingerprint density at radius 1 is 1.58 bits per heavy atom. The standard InChI is InChI=1S/C8H15NO2.ClH/c1-8(7(10)11)4-3-5-9(2)6-8;/h3-6H2,1-2H3,(H,10,11);1H. The lowest BCUT2D eigenvalue weighted by Crippen LogP contribution is -2.44. The van der Waals surface area contributed by atoms with Gasteiger partial charge in [-0.3, -0.25) is 4.79 Å². The van der Waals surface area contributed by atoms with Gasteiger partial charge in [-0.1, -0.05) is 0 Å². The third kappa shape index (κ3) is 2.35.